The molecule has 1 atom stereocenters. The van der Waals surface area contributed by atoms with Crippen LogP contribution in [0.5, 0.6) is 0 Å². The fraction of sp³-hybridized carbons (Fsp3) is 0.778. The average molecular weight is 241 g/mol. The zero-order chi connectivity index (χ0) is 12.1. The summed E-state index contributed by atoms with van der Waals surface area (Å²) in [6.07, 6.45) is -0.952. The first-order valence-corrected chi connectivity index (χ1v) is 4.57. The van der Waals surface area contributed by atoms with Crippen LogP contribution in [0.15, 0.2) is 0 Å². The maximum absolute atomic E-state index is 11.1. The quantitative estimate of drug-likeness (QED) is 0.489. The summed E-state index contributed by atoms with van der Waals surface area (Å²) in [4.78, 5) is 21.6. The third kappa shape index (κ3) is 8.96. The SMILES string of the molecule is CC(C)(C)OC(=O)NC(CCO)C(=O)[O-].[Na+]. The first-order chi connectivity index (χ1) is 6.76. The van der Waals surface area contributed by atoms with Gasteiger partial charge in [-0.2, -0.15) is 0 Å². The van der Waals surface area contributed by atoms with Crippen molar-refractivity contribution in [3.8, 4) is 0 Å². The molecule has 0 saturated heterocycles. The molecule has 0 bridgehead atoms. The van der Waals surface area contributed by atoms with Crippen LogP contribution >= 0.6 is 0 Å². The molecule has 0 aromatic carbocycles. The molecule has 0 aromatic heterocycles. The van der Waals surface area contributed by atoms with Crippen LogP contribution < -0.4 is 40.0 Å². The van der Waals surface area contributed by atoms with E-state index in [9.17, 15) is 14.7 Å². The maximum Gasteiger partial charge on any atom is 1.00 e. The molecule has 6 nitrogen and oxygen atoms in total. The third-order valence-electron chi connectivity index (χ3n) is 1.39. The Hall–Kier alpha value is -0.300. The van der Waals surface area contributed by atoms with Crippen molar-refractivity contribution in [1.82, 2.24) is 5.32 Å². The summed E-state index contributed by atoms with van der Waals surface area (Å²) in [5.41, 5.74) is -0.695. The van der Waals surface area contributed by atoms with Crippen molar-refractivity contribution < 1.29 is 54.1 Å². The summed E-state index contributed by atoms with van der Waals surface area (Å²) in [6, 6.07) is -1.23. The molecular weight excluding hydrogens is 225 g/mol. The van der Waals surface area contributed by atoms with Crippen molar-refractivity contribution in [2.75, 3.05) is 6.61 Å². The molecule has 88 valence electrons. The number of aliphatic hydroxyl groups excluding tert-OH is 1. The van der Waals surface area contributed by atoms with Crippen molar-refractivity contribution >= 4 is 12.1 Å². The minimum absolute atomic E-state index is 0. The number of nitrogens with one attached hydrogen (secondary N) is 1. The first-order valence-electron chi connectivity index (χ1n) is 4.57. The van der Waals surface area contributed by atoms with Crippen LogP contribution in [-0.4, -0.2) is 35.4 Å². The monoisotopic (exact) mass is 241 g/mol. The van der Waals surface area contributed by atoms with Crippen molar-refractivity contribution in [3.05, 3.63) is 0 Å². The zero-order valence-electron chi connectivity index (χ0n) is 10.1. The Morgan fingerprint density at radius 2 is 1.94 bits per heavy atom. The largest absolute Gasteiger partial charge is 1.00 e. The molecule has 1 amide bonds. The van der Waals surface area contributed by atoms with Crippen LogP contribution in [0.4, 0.5) is 4.79 Å². The number of carboxylic acid groups (broad SMARTS) is 1. The standard InChI is InChI=1S/C9H17NO5.Na/c1-9(2,3)15-8(14)10-6(4-5-11)7(12)13;/h6,11H,4-5H2,1-3H3,(H,10,14)(H,12,13);/q;+1/p-1. The number of alkyl carbamates (subject to hydrolysis) is 1. The first kappa shape index (κ1) is 18.1. The van der Waals surface area contributed by atoms with E-state index in [-0.39, 0.29) is 42.6 Å². The molecule has 0 fully saturated rings. The molecule has 0 spiro atoms. The van der Waals surface area contributed by atoms with Gasteiger partial charge in [0.05, 0.1) is 12.0 Å². The van der Waals surface area contributed by atoms with Gasteiger partial charge in [-0.3, -0.25) is 0 Å². The Bertz CT molecular complexity index is 239. The molecule has 0 aromatic rings. The van der Waals surface area contributed by atoms with Crippen LogP contribution in [-0.2, 0) is 9.53 Å². The van der Waals surface area contributed by atoms with Crippen LogP contribution in [0.1, 0.15) is 27.2 Å². The molecule has 0 radical (unpaired) electrons. The van der Waals surface area contributed by atoms with Gasteiger partial charge in [0.15, 0.2) is 0 Å². The van der Waals surface area contributed by atoms with Gasteiger partial charge in [0.2, 0.25) is 0 Å². The second kappa shape index (κ2) is 7.89. The van der Waals surface area contributed by atoms with E-state index in [4.69, 9.17) is 9.84 Å². The third-order valence-corrected chi connectivity index (χ3v) is 1.39. The van der Waals surface area contributed by atoms with E-state index in [0.717, 1.165) is 0 Å². The zero-order valence-corrected chi connectivity index (χ0v) is 12.1. The number of hydrogen-bond donors (Lipinski definition) is 2. The normalized spacial score (nSPS) is 12.2. The molecule has 7 heteroatoms. The van der Waals surface area contributed by atoms with Crippen molar-refractivity contribution in [2.24, 2.45) is 0 Å². The Kier molecular flexibility index (Phi) is 8.91. The van der Waals surface area contributed by atoms with Crippen LogP contribution in [0.25, 0.3) is 0 Å². The number of aliphatic carboxylic acids is 1. The molecule has 0 heterocycles. The molecule has 16 heavy (non-hydrogen) atoms. The summed E-state index contributed by atoms with van der Waals surface area (Å²) in [6.45, 7) is 4.63. The molecule has 0 rings (SSSR count). The van der Waals surface area contributed by atoms with Gasteiger partial charge >= 0.3 is 35.7 Å². The van der Waals surface area contributed by atoms with E-state index in [0.29, 0.717) is 0 Å². The van der Waals surface area contributed by atoms with Gasteiger partial charge in [-0.25, -0.2) is 4.79 Å². The summed E-state index contributed by atoms with van der Waals surface area (Å²) in [7, 11) is 0. The van der Waals surface area contributed by atoms with E-state index in [1.54, 1.807) is 20.8 Å². The van der Waals surface area contributed by atoms with Gasteiger partial charge < -0.3 is 25.1 Å². The number of hydrogen-bond acceptors (Lipinski definition) is 5. The summed E-state index contributed by atoms with van der Waals surface area (Å²) >= 11 is 0. The molecule has 0 aliphatic rings. The topological polar surface area (TPSA) is 98.7 Å². The smallest absolute Gasteiger partial charge is 0.548 e. The number of carbonyl (C=O) groups is 2. The van der Waals surface area contributed by atoms with Gasteiger partial charge in [0.1, 0.15) is 5.60 Å². The van der Waals surface area contributed by atoms with E-state index in [1.165, 1.54) is 0 Å². The molecule has 0 saturated carbocycles. The fourth-order valence-corrected chi connectivity index (χ4v) is 0.828. The van der Waals surface area contributed by atoms with Crippen molar-refractivity contribution in [3.63, 3.8) is 0 Å². The van der Waals surface area contributed by atoms with Gasteiger partial charge in [-0.05, 0) is 27.2 Å². The Balaban J connectivity index is 0. The molecule has 0 aliphatic carbocycles. The number of aliphatic hydroxyl groups is 1. The minimum atomic E-state index is -1.45. The number of carbonyl (C=O) groups excluding carboxylic acids is 2. The second-order valence-electron chi connectivity index (χ2n) is 4.03. The fourth-order valence-electron chi connectivity index (χ4n) is 0.828. The predicted molar refractivity (Wildman–Crippen MR) is 49.9 cm³/mol. The van der Waals surface area contributed by atoms with Gasteiger partial charge in [0.25, 0.3) is 0 Å². The average Bonchev–Trinajstić information content (AvgIpc) is 1.99. The maximum atomic E-state index is 11.1. The Morgan fingerprint density at radius 3 is 2.25 bits per heavy atom. The van der Waals surface area contributed by atoms with Crippen molar-refractivity contribution in [1.29, 1.82) is 0 Å². The number of ether oxygens (including phenoxy) is 1. The van der Waals surface area contributed by atoms with E-state index >= 15 is 0 Å². The predicted octanol–water partition coefficient (Wildman–Crippen LogP) is -3.98. The van der Waals surface area contributed by atoms with Gasteiger partial charge in [0, 0.05) is 6.61 Å². The molecule has 1 unspecified atom stereocenters. The summed E-state index contributed by atoms with van der Waals surface area (Å²) < 4.78 is 4.84. The Morgan fingerprint density at radius 1 is 1.44 bits per heavy atom. The summed E-state index contributed by atoms with van der Waals surface area (Å²) in [5, 5.41) is 21.1. The molecular formula is C9H16NNaO5. The number of rotatable bonds is 4. The number of amides is 1. The van der Waals surface area contributed by atoms with Gasteiger partial charge in [-0.15, -0.1) is 0 Å². The van der Waals surface area contributed by atoms with Crippen molar-refractivity contribution in [2.45, 2.75) is 38.8 Å². The van der Waals surface area contributed by atoms with E-state index in [1.807, 2.05) is 0 Å². The van der Waals surface area contributed by atoms with Gasteiger partial charge in [-0.1, -0.05) is 0 Å². The molecule has 0 aliphatic heterocycles. The number of carboxylic acids is 1. The van der Waals surface area contributed by atoms with E-state index in [2.05, 4.69) is 5.32 Å². The van der Waals surface area contributed by atoms with E-state index < -0.39 is 23.7 Å². The second-order valence-corrected chi connectivity index (χ2v) is 4.03. The summed E-state index contributed by atoms with van der Waals surface area (Å²) in [5.74, 6) is -1.45. The molecule has 2 N–H and O–H groups in total. The van der Waals surface area contributed by atoms with Crippen LogP contribution in [0, 0.1) is 0 Å². The van der Waals surface area contributed by atoms with Crippen LogP contribution in [0.3, 0.4) is 0 Å². The van der Waals surface area contributed by atoms with Crippen LogP contribution in [0.2, 0.25) is 0 Å². The Labute approximate surface area is 117 Å². The minimum Gasteiger partial charge on any atom is -0.548 e.